The smallest absolute Gasteiger partial charge is 0.164 e. The van der Waals surface area contributed by atoms with Gasteiger partial charge in [0.25, 0.3) is 0 Å². The van der Waals surface area contributed by atoms with Crippen molar-refractivity contribution in [1.82, 2.24) is 19.5 Å². The van der Waals surface area contributed by atoms with Crippen LogP contribution in [0.4, 0.5) is 17.1 Å². The molecule has 0 amide bonds. The Hall–Kier alpha value is -7.25. The molecule has 0 unspecified atom stereocenters. The molecule has 0 N–H and O–H groups in total. The molecule has 4 heterocycles. The molecule has 0 saturated heterocycles. The number of benzene rings is 7. The molecule has 2 aliphatic rings. The zero-order valence-corrected chi connectivity index (χ0v) is 27.6. The maximum absolute atomic E-state index is 6.60. The van der Waals surface area contributed by atoms with E-state index in [1.807, 2.05) is 91.0 Å². The average molecular weight is 670 g/mol. The molecule has 0 saturated carbocycles. The molecular formula is C45H27N5O2. The van der Waals surface area contributed by atoms with Crippen LogP contribution in [0, 0.1) is 0 Å². The molecule has 2 aliphatic heterocycles. The Morgan fingerprint density at radius 1 is 0.385 bits per heavy atom. The molecule has 244 valence electrons. The highest BCUT2D eigenvalue weighted by atomic mass is 16.5. The molecule has 9 aromatic rings. The van der Waals surface area contributed by atoms with Gasteiger partial charge in [-0.25, -0.2) is 15.0 Å². The van der Waals surface area contributed by atoms with Crippen molar-refractivity contribution in [1.29, 1.82) is 0 Å². The van der Waals surface area contributed by atoms with Gasteiger partial charge in [-0.1, -0.05) is 97.1 Å². The largest absolute Gasteiger partial charge is 0.453 e. The monoisotopic (exact) mass is 669 g/mol. The summed E-state index contributed by atoms with van der Waals surface area (Å²) in [5.74, 6) is 4.89. The zero-order valence-electron chi connectivity index (χ0n) is 27.6. The summed E-state index contributed by atoms with van der Waals surface area (Å²) in [7, 11) is 0. The second-order valence-corrected chi connectivity index (χ2v) is 12.9. The number of hydrogen-bond acceptors (Lipinski definition) is 6. The number of anilines is 3. The normalized spacial score (nSPS) is 12.5. The van der Waals surface area contributed by atoms with Gasteiger partial charge < -0.3 is 18.9 Å². The van der Waals surface area contributed by atoms with E-state index in [-0.39, 0.29) is 0 Å². The van der Waals surface area contributed by atoms with Crippen molar-refractivity contribution in [3.05, 3.63) is 164 Å². The Kier molecular flexibility index (Phi) is 6.12. The molecular weight excluding hydrogens is 643 g/mol. The van der Waals surface area contributed by atoms with Crippen molar-refractivity contribution >= 4 is 38.9 Å². The number of rotatable bonds is 4. The lowest BCUT2D eigenvalue weighted by Gasteiger charge is -2.32. The molecule has 52 heavy (non-hydrogen) atoms. The van der Waals surface area contributed by atoms with E-state index >= 15 is 0 Å². The predicted molar refractivity (Wildman–Crippen MR) is 205 cm³/mol. The minimum atomic E-state index is 0.564. The van der Waals surface area contributed by atoms with E-state index in [4.69, 9.17) is 24.4 Å². The van der Waals surface area contributed by atoms with Crippen LogP contribution < -0.4 is 14.4 Å². The van der Waals surface area contributed by atoms with Crippen LogP contribution in [-0.4, -0.2) is 19.5 Å². The number of nitrogens with zero attached hydrogens (tertiary/aromatic N) is 5. The highest BCUT2D eigenvalue weighted by Gasteiger charge is 2.27. The van der Waals surface area contributed by atoms with E-state index in [1.54, 1.807) is 0 Å². The van der Waals surface area contributed by atoms with Crippen LogP contribution in [0.5, 0.6) is 23.0 Å². The van der Waals surface area contributed by atoms with E-state index < -0.39 is 0 Å². The molecule has 0 fully saturated rings. The third kappa shape index (κ3) is 4.36. The minimum Gasteiger partial charge on any atom is -0.453 e. The quantitative estimate of drug-likeness (QED) is 0.186. The fourth-order valence-electron chi connectivity index (χ4n) is 7.48. The molecule has 0 aliphatic carbocycles. The number of ether oxygens (including phenoxy) is 2. The van der Waals surface area contributed by atoms with Gasteiger partial charge in [-0.15, -0.1) is 0 Å². The van der Waals surface area contributed by atoms with Crippen molar-refractivity contribution in [2.75, 3.05) is 4.90 Å². The summed E-state index contributed by atoms with van der Waals surface area (Å²) in [6, 6.07) is 55.5. The summed E-state index contributed by atoms with van der Waals surface area (Å²) in [5.41, 5.74) is 8.68. The Morgan fingerprint density at radius 3 is 1.69 bits per heavy atom. The molecule has 7 nitrogen and oxygen atoms in total. The molecule has 0 spiro atoms. The lowest BCUT2D eigenvalue weighted by atomic mass is 10.1. The van der Waals surface area contributed by atoms with Gasteiger partial charge in [-0.05, 0) is 66.7 Å². The summed E-state index contributed by atoms with van der Waals surface area (Å²) >= 11 is 0. The summed E-state index contributed by atoms with van der Waals surface area (Å²) < 4.78 is 15.2. The SMILES string of the molecule is c1ccc(-c2nc(-c3cccc(N4c5ccccc5Oc5ccccc54)c3)nc(-c3cc4c5c(c3)c3ccccc3n5-c3ccccc3O4)n2)cc1. The Morgan fingerprint density at radius 2 is 0.942 bits per heavy atom. The number of para-hydroxylation sites is 7. The topological polar surface area (TPSA) is 65.3 Å². The molecule has 7 heteroatoms. The first-order valence-electron chi connectivity index (χ1n) is 17.2. The van der Waals surface area contributed by atoms with E-state index in [0.717, 1.165) is 84.2 Å². The van der Waals surface area contributed by atoms with Crippen LogP contribution in [0.15, 0.2) is 164 Å². The summed E-state index contributed by atoms with van der Waals surface area (Å²) in [6.07, 6.45) is 0. The van der Waals surface area contributed by atoms with E-state index in [1.165, 1.54) is 0 Å². The minimum absolute atomic E-state index is 0.564. The molecule has 0 atom stereocenters. The number of hydrogen-bond donors (Lipinski definition) is 0. The third-order valence-corrected chi connectivity index (χ3v) is 9.78. The van der Waals surface area contributed by atoms with Crippen LogP contribution in [0.1, 0.15) is 0 Å². The highest BCUT2D eigenvalue weighted by Crippen LogP contribution is 2.51. The van der Waals surface area contributed by atoms with Crippen molar-refractivity contribution in [2.24, 2.45) is 0 Å². The molecule has 2 aromatic heterocycles. The summed E-state index contributed by atoms with van der Waals surface area (Å²) in [6.45, 7) is 0. The van der Waals surface area contributed by atoms with Crippen molar-refractivity contribution < 1.29 is 9.47 Å². The van der Waals surface area contributed by atoms with Crippen LogP contribution in [0.25, 0.3) is 61.7 Å². The van der Waals surface area contributed by atoms with Crippen LogP contribution in [-0.2, 0) is 0 Å². The Labute approximate surface area is 298 Å². The average Bonchev–Trinajstić information content (AvgIpc) is 3.55. The van der Waals surface area contributed by atoms with E-state index in [0.29, 0.717) is 17.5 Å². The van der Waals surface area contributed by atoms with E-state index in [9.17, 15) is 0 Å². The maximum atomic E-state index is 6.60. The molecule has 0 radical (unpaired) electrons. The second kappa shape index (κ2) is 11.1. The first-order valence-corrected chi connectivity index (χ1v) is 17.2. The second-order valence-electron chi connectivity index (χ2n) is 12.9. The van der Waals surface area contributed by atoms with Gasteiger partial charge >= 0.3 is 0 Å². The first kappa shape index (κ1) is 28.6. The van der Waals surface area contributed by atoms with Gasteiger partial charge in [0, 0.05) is 33.2 Å². The Balaban J connectivity index is 1.11. The zero-order chi connectivity index (χ0) is 34.2. The molecule has 0 bridgehead atoms. The van der Waals surface area contributed by atoms with Crippen molar-refractivity contribution in [2.45, 2.75) is 0 Å². The van der Waals surface area contributed by atoms with Gasteiger partial charge in [0.15, 0.2) is 40.5 Å². The first-order chi connectivity index (χ1) is 25.8. The fourth-order valence-corrected chi connectivity index (χ4v) is 7.48. The van der Waals surface area contributed by atoms with Gasteiger partial charge in [-0.2, -0.15) is 0 Å². The number of aromatic nitrogens is 4. The standard InChI is InChI=1S/C45H27N5O2/c1-2-13-28(14-3-1)43-46-44(29-15-12-16-31(25-29)49-35-19-6-9-22-38(35)51-39-23-10-7-20-36(39)49)48-45(47-43)30-26-33-32-17-4-5-18-34(32)50-37-21-8-11-24-40(37)52-41(27-30)42(33)50/h1-27H. The maximum Gasteiger partial charge on any atom is 0.164 e. The Bertz CT molecular complexity index is 2840. The van der Waals surface area contributed by atoms with Crippen molar-refractivity contribution in [3.8, 4) is 62.8 Å². The van der Waals surface area contributed by atoms with Crippen LogP contribution in [0.2, 0.25) is 0 Å². The van der Waals surface area contributed by atoms with Gasteiger partial charge in [0.2, 0.25) is 0 Å². The lowest BCUT2D eigenvalue weighted by Crippen LogP contribution is -2.15. The molecule has 7 aromatic carbocycles. The summed E-state index contributed by atoms with van der Waals surface area (Å²) in [4.78, 5) is 17.6. The van der Waals surface area contributed by atoms with Crippen molar-refractivity contribution in [3.63, 3.8) is 0 Å². The van der Waals surface area contributed by atoms with E-state index in [2.05, 4.69) is 82.3 Å². The van der Waals surface area contributed by atoms with Gasteiger partial charge in [0.05, 0.1) is 28.1 Å². The lowest BCUT2D eigenvalue weighted by molar-refractivity contribution is 0.476. The summed E-state index contributed by atoms with van der Waals surface area (Å²) in [5, 5.41) is 2.21. The third-order valence-electron chi connectivity index (χ3n) is 9.78. The van der Waals surface area contributed by atoms with Gasteiger partial charge in [0.1, 0.15) is 0 Å². The fraction of sp³-hybridized carbons (Fsp3) is 0. The van der Waals surface area contributed by atoms with Crippen LogP contribution in [0.3, 0.4) is 0 Å². The molecule has 11 rings (SSSR count). The van der Waals surface area contributed by atoms with Gasteiger partial charge in [-0.3, -0.25) is 0 Å². The number of fused-ring (bicyclic) bond motifs is 7. The predicted octanol–water partition coefficient (Wildman–Crippen LogP) is 11.7. The van der Waals surface area contributed by atoms with Crippen LogP contribution >= 0.6 is 0 Å². The highest BCUT2D eigenvalue weighted by molar-refractivity contribution is 6.13.